The largest absolute Gasteiger partial charge is 0.341 e. The molecule has 0 aromatic rings. The lowest BCUT2D eigenvalue weighted by Crippen LogP contribution is -2.49. The highest BCUT2D eigenvalue weighted by Gasteiger charge is 2.30. The lowest BCUT2D eigenvalue weighted by Gasteiger charge is -2.34. The van der Waals surface area contributed by atoms with Crippen LogP contribution in [0.3, 0.4) is 0 Å². The van der Waals surface area contributed by atoms with Crippen LogP contribution < -0.4 is 15.2 Å². The Bertz CT molecular complexity index is 420. The van der Waals surface area contributed by atoms with E-state index in [1.807, 2.05) is 4.90 Å². The monoisotopic (exact) mass is 290 g/mol. The molecule has 1 unspecified atom stereocenters. The van der Waals surface area contributed by atoms with Crippen LogP contribution in [0.4, 0.5) is 0 Å². The van der Waals surface area contributed by atoms with E-state index in [1.165, 1.54) is 0 Å². The van der Waals surface area contributed by atoms with E-state index in [0.717, 1.165) is 38.8 Å². The maximum atomic E-state index is 12.2. The molecule has 0 aromatic heterocycles. The van der Waals surface area contributed by atoms with E-state index in [9.17, 15) is 13.2 Å². The number of carbonyl (C=O) groups excluding carboxylic acids is 1. The third-order valence-electron chi connectivity index (χ3n) is 3.76. The van der Waals surface area contributed by atoms with Gasteiger partial charge in [0.15, 0.2) is 0 Å². The Morgan fingerprint density at radius 2 is 2.16 bits per heavy atom. The average Bonchev–Trinajstić information content (AvgIpc) is 2.89. The molecule has 0 aromatic carbocycles. The number of nitrogens with zero attached hydrogens (tertiary/aromatic N) is 1. The minimum absolute atomic E-state index is 0.0510. The SMILES string of the molecule is NS(=O)(=O)NCC1CCCN(C(=O)[C@@H]2CCCN2)C1. The summed E-state index contributed by atoms with van der Waals surface area (Å²) in [5, 5.41) is 8.12. The molecule has 2 aliphatic heterocycles. The van der Waals surface area contributed by atoms with Crippen LogP contribution in [0.2, 0.25) is 0 Å². The van der Waals surface area contributed by atoms with E-state index >= 15 is 0 Å². The van der Waals surface area contributed by atoms with Crippen LogP contribution in [0.15, 0.2) is 0 Å². The van der Waals surface area contributed by atoms with Gasteiger partial charge in [-0.1, -0.05) is 0 Å². The second-order valence-electron chi connectivity index (χ2n) is 5.33. The fourth-order valence-electron chi connectivity index (χ4n) is 2.78. The normalized spacial score (nSPS) is 28.6. The summed E-state index contributed by atoms with van der Waals surface area (Å²) in [4.78, 5) is 14.1. The third kappa shape index (κ3) is 4.41. The van der Waals surface area contributed by atoms with E-state index in [4.69, 9.17) is 5.14 Å². The van der Waals surface area contributed by atoms with Crippen LogP contribution in [0.5, 0.6) is 0 Å². The van der Waals surface area contributed by atoms with Gasteiger partial charge in [0.1, 0.15) is 0 Å². The van der Waals surface area contributed by atoms with Crippen molar-refractivity contribution in [2.24, 2.45) is 11.1 Å². The predicted octanol–water partition coefficient (Wildman–Crippen LogP) is -1.23. The van der Waals surface area contributed by atoms with Crippen LogP contribution in [0.1, 0.15) is 25.7 Å². The van der Waals surface area contributed by atoms with Crippen molar-refractivity contribution in [3.63, 3.8) is 0 Å². The molecule has 1 amide bonds. The van der Waals surface area contributed by atoms with Crippen molar-refractivity contribution in [1.82, 2.24) is 14.9 Å². The summed E-state index contributed by atoms with van der Waals surface area (Å²) in [6.07, 6.45) is 3.77. The van der Waals surface area contributed by atoms with Crippen LogP contribution in [0, 0.1) is 5.92 Å². The van der Waals surface area contributed by atoms with Gasteiger partial charge in [-0.3, -0.25) is 4.79 Å². The number of nitrogens with two attached hydrogens (primary N) is 1. The zero-order valence-electron chi connectivity index (χ0n) is 11.0. The standard InChI is InChI=1S/C11H22N4O3S/c12-19(17,18)14-7-9-3-2-6-15(8-9)11(16)10-4-1-5-13-10/h9-10,13-14H,1-8H2,(H2,12,17,18)/t9?,10-/m0/s1. The topological polar surface area (TPSA) is 105 Å². The van der Waals surface area contributed by atoms with Gasteiger partial charge in [0, 0.05) is 19.6 Å². The summed E-state index contributed by atoms with van der Waals surface area (Å²) >= 11 is 0. The van der Waals surface area contributed by atoms with Gasteiger partial charge in [-0.15, -0.1) is 0 Å². The Labute approximate surface area is 114 Å². The molecule has 110 valence electrons. The van der Waals surface area contributed by atoms with Crippen LogP contribution in [0.25, 0.3) is 0 Å². The van der Waals surface area contributed by atoms with Gasteiger partial charge < -0.3 is 10.2 Å². The second kappa shape index (κ2) is 6.17. The van der Waals surface area contributed by atoms with Gasteiger partial charge in [-0.2, -0.15) is 8.42 Å². The summed E-state index contributed by atoms with van der Waals surface area (Å²) in [5.41, 5.74) is 0. The molecule has 2 heterocycles. The van der Waals surface area contributed by atoms with Gasteiger partial charge in [0.05, 0.1) is 6.04 Å². The van der Waals surface area contributed by atoms with Crippen molar-refractivity contribution in [3.05, 3.63) is 0 Å². The molecule has 0 aliphatic carbocycles. The van der Waals surface area contributed by atoms with Crippen molar-refractivity contribution in [3.8, 4) is 0 Å². The molecular weight excluding hydrogens is 268 g/mol. The quantitative estimate of drug-likeness (QED) is 0.603. The number of piperidine rings is 1. The van der Waals surface area contributed by atoms with E-state index < -0.39 is 10.2 Å². The highest BCUT2D eigenvalue weighted by Crippen LogP contribution is 2.18. The van der Waals surface area contributed by atoms with Gasteiger partial charge in [0.25, 0.3) is 10.2 Å². The Kier molecular flexibility index (Phi) is 4.77. The highest BCUT2D eigenvalue weighted by atomic mass is 32.2. The number of carbonyl (C=O) groups is 1. The lowest BCUT2D eigenvalue weighted by molar-refractivity contribution is -0.134. The summed E-state index contributed by atoms with van der Waals surface area (Å²) in [6, 6.07) is -0.0510. The van der Waals surface area contributed by atoms with Gasteiger partial charge in [0.2, 0.25) is 5.91 Å². The minimum Gasteiger partial charge on any atom is -0.341 e. The first-order valence-corrected chi connectivity index (χ1v) is 8.30. The molecule has 2 aliphatic rings. The Morgan fingerprint density at radius 3 is 2.79 bits per heavy atom. The molecule has 2 fully saturated rings. The van der Waals surface area contributed by atoms with Gasteiger partial charge in [-0.25, -0.2) is 9.86 Å². The van der Waals surface area contributed by atoms with Crippen molar-refractivity contribution >= 4 is 16.1 Å². The van der Waals surface area contributed by atoms with Crippen molar-refractivity contribution in [2.45, 2.75) is 31.7 Å². The molecule has 2 saturated heterocycles. The maximum Gasteiger partial charge on any atom is 0.274 e. The number of rotatable bonds is 4. The lowest BCUT2D eigenvalue weighted by atomic mass is 9.97. The molecule has 8 heteroatoms. The molecule has 0 spiro atoms. The maximum absolute atomic E-state index is 12.2. The highest BCUT2D eigenvalue weighted by molar-refractivity contribution is 7.87. The molecule has 4 N–H and O–H groups in total. The van der Waals surface area contributed by atoms with E-state index in [-0.39, 0.29) is 17.9 Å². The van der Waals surface area contributed by atoms with Crippen molar-refractivity contribution < 1.29 is 13.2 Å². The fourth-order valence-corrected chi connectivity index (χ4v) is 3.25. The van der Waals surface area contributed by atoms with E-state index in [1.54, 1.807) is 0 Å². The number of hydrogen-bond donors (Lipinski definition) is 3. The summed E-state index contributed by atoms with van der Waals surface area (Å²) in [7, 11) is -3.64. The number of nitrogens with one attached hydrogen (secondary N) is 2. The van der Waals surface area contributed by atoms with Crippen molar-refractivity contribution in [2.75, 3.05) is 26.2 Å². The molecule has 19 heavy (non-hydrogen) atoms. The molecular formula is C11H22N4O3S. The summed E-state index contributed by atoms with van der Waals surface area (Å²) in [5.74, 6) is 0.301. The molecule has 2 rings (SSSR count). The summed E-state index contributed by atoms with van der Waals surface area (Å²) in [6.45, 7) is 2.59. The molecule has 0 radical (unpaired) electrons. The zero-order valence-corrected chi connectivity index (χ0v) is 11.8. The average molecular weight is 290 g/mol. The van der Waals surface area contributed by atoms with Crippen LogP contribution >= 0.6 is 0 Å². The first-order chi connectivity index (χ1) is 8.96. The van der Waals surface area contributed by atoms with Crippen LogP contribution in [-0.4, -0.2) is 51.4 Å². The Hall–Kier alpha value is -0.700. The zero-order chi connectivity index (χ0) is 13.9. The number of hydrogen-bond acceptors (Lipinski definition) is 4. The van der Waals surface area contributed by atoms with Gasteiger partial charge in [-0.05, 0) is 38.1 Å². The molecule has 0 bridgehead atoms. The van der Waals surface area contributed by atoms with E-state index in [0.29, 0.717) is 13.1 Å². The van der Waals surface area contributed by atoms with Crippen LogP contribution in [-0.2, 0) is 15.0 Å². The Morgan fingerprint density at radius 1 is 1.37 bits per heavy atom. The molecule has 0 saturated carbocycles. The first-order valence-electron chi connectivity index (χ1n) is 6.75. The molecule has 7 nitrogen and oxygen atoms in total. The predicted molar refractivity (Wildman–Crippen MR) is 71.4 cm³/mol. The Balaban J connectivity index is 1.84. The third-order valence-corrected chi connectivity index (χ3v) is 4.33. The summed E-state index contributed by atoms with van der Waals surface area (Å²) < 4.78 is 24.1. The van der Waals surface area contributed by atoms with E-state index in [2.05, 4.69) is 10.0 Å². The minimum atomic E-state index is -3.64. The number of likely N-dealkylation sites (tertiary alicyclic amines) is 1. The first kappa shape index (κ1) is 14.7. The molecule has 2 atom stereocenters. The smallest absolute Gasteiger partial charge is 0.274 e. The van der Waals surface area contributed by atoms with Gasteiger partial charge >= 0.3 is 0 Å². The second-order valence-corrected chi connectivity index (χ2v) is 6.71. The van der Waals surface area contributed by atoms with Crippen molar-refractivity contribution in [1.29, 1.82) is 0 Å². The number of amides is 1. The fraction of sp³-hybridized carbons (Fsp3) is 0.909.